The quantitative estimate of drug-likeness (QED) is 0.796. The minimum absolute atomic E-state index is 0.161. The van der Waals surface area contributed by atoms with Crippen LogP contribution in [-0.2, 0) is 10.0 Å². The summed E-state index contributed by atoms with van der Waals surface area (Å²) in [6.45, 7) is 3.30. The highest BCUT2D eigenvalue weighted by atomic mass is 32.2. The Morgan fingerprint density at radius 1 is 1.10 bits per heavy atom. The van der Waals surface area contributed by atoms with Crippen LogP contribution in [0.3, 0.4) is 0 Å². The van der Waals surface area contributed by atoms with Crippen molar-refractivity contribution in [3.8, 4) is 0 Å². The Kier molecular flexibility index (Phi) is 5.19. The predicted octanol–water partition coefficient (Wildman–Crippen LogP) is 1.06. The number of rotatable bonds is 5. The van der Waals surface area contributed by atoms with Crippen molar-refractivity contribution in [1.82, 2.24) is 14.9 Å². The fourth-order valence-electron chi connectivity index (χ4n) is 4.11. The van der Waals surface area contributed by atoms with E-state index in [0.717, 1.165) is 38.8 Å². The fraction of sp³-hybridized carbons (Fsp3) is 1.00. The molecule has 3 heterocycles. The molecule has 0 aliphatic carbocycles. The van der Waals surface area contributed by atoms with Gasteiger partial charge in [0.1, 0.15) is 0 Å². The molecular formula is C15H29N3O2S. The summed E-state index contributed by atoms with van der Waals surface area (Å²) >= 11 is 0. The van der Waals surface area contributed by atoms with Crippen LogP contribution in [0.4, 0.5) is 0 Å². The van der Waals surface area contributed by atoms with E-state index in [1.165, 1.54) is 32.2 Å². The number of nitrogens with one attached hydrogen (secondary N) is 2. The lowest BCUT2D eigenvalue weighted by Crippen LogP contribution is -2.48. The Bertz CT molecular complexity index is 434. The highest BCUT2D eigenvalue weighted by Gasteiger charge is 2.33. The first kappa shape index (κ1) is 15.7. The van der Waals surface area contributed by atoms with Crippen LogP contribution < -0.4 is 10.0 Å². The van der Waals surface area contributed by atoms with E-state index in [0.29, 0.717) is 12.1 Å². The molecule has 3 aliphatic heterocycles. The molecule has 2 N–H and O–H groups in total. The number of hydrogen-bond donors (Lipinski definition) is 2. The van der Waals surface area contributed by atoms with E-state index in [1.54, 1.807) is 0 Å². The predicted molar refractivity (Wildman–Crippen MR) is 84.8 cm³/mol. The van der Waals surface area contributed by atoms with E-state index in [1.807, 2.05) is 0 Å². The zero-order chi connectivity index (χ0) is 14.7. The molecule has 3 unspecified atom stereocenters. The summed E-state index contributed by atoms with van der Waals surface area (Å²) in [5.74, 6) is 0.273. The Balaban J connectivity index is 1.44. The summed E-state index contributed by atoms with van der Waals surface area (Å²) in [7, 11) is -3.12. The third kappa shape index (κ3) is 4.41. The lowest BCUT2D eigenvalue weighted by Gasteiger charge is -2.35. The maximum atomic E-state index is 12.3. The third-order valence-corrected chi connectivity index (χ3v) is 6.78. The first-order valence-electron chi connectivity index (χ1n) is 8.60. The molecule has 6 heteroatoms. The van der Waals surface area contributed by atoms with E-state index in [2.05, 4.69) is 14.9 Å². The molecule has 3 aliphatic rings. The van der Waals surface area contributed by atoms with E-state index in [4.69, 9.17) is 0 Å². The molecule has 0 radical (unpaired) electrons. The normalized spacial score (nSPS) is 34.8. The molecule has 0 spiro atoms. The number of nitrogens with zero attached hydrogens (tertiary/aromatic N) is 1. The van der Waals surface area contributed by atoms with Crippen molar-refractivity contribution in [2.45, 2.75) is 69.5 Å². The Morgan fingerprint density at radius 3 is 2.81 bits per heavy atom. The van der Waals surface area contributed by atoms with Gasteiger partial charge in [0.25, 0.3) is 0 Å². The second-order valence-electron chi connectivity index (χ2n) is 6.93. The Labute approximate surface area is 128 Å². The van der Waals surface area contributed by atoms with Gasteiger partial charge in [-0.15, -0.1) is 0 Å². The summed E-state index contributed by atoms with van der Waals surface area (Å²) < 4.78 is 27.5. The van der Waals surface area contributed by atoms with Crippen LogP contribution in [0.5, 0.6) is 0 Å². The van der Waals surface area contributed by atoms with Gasteiger partial charge in [-0.25, -0.2) is 13.1 Å². The molecule has 3 rings (SSSR count). The maximum absolute atomic E-state index is 12.3. The highest BCUT2D eigenvalue weighted by Crippen LogP contribution is 2.27. The van der Waals surface area contributed by atoms with Crippen molar-refractivity contribution in [3.63, 3.8) is 0 Å². The van der Waals surface area contributed by atoms with Gasteiger partial charge in [0, 0.05) is 18.1 Å². The molecule has 0 saturated carbocycles. The lowest BCUT2D eigenvalue weighted by molar-refractivity contribution is 0.176. The van der Waals surface area contributed by atoms with Crippen LogP contribution in [0.25, 0.3) is 0 Å². The third-order valence-electron chi connectivity index (χ3n) is 5.31. The summed E-state index contributed by atoms with van der Waals surface area (Å²) in [6.07, 6.45) is 8.81. The van der Waals surface area contributed by atoms with Gasteiger partial charge in [-0.3, -0.25) is 0 Å². The maximum Gasteiger partial charge on any atom is 0.211 e. The van der Waals surface area contributed by atoms with Crippen LogP contribution in [0.2, 0.25) is 0 Å². The standard InChI is InChI=1S/C15H29N3O2S/c19-21(20,11-7-13-4-1-2-8-16-13)17-14-6-10-18-9-3-5-15(18)12-14/h13-17H,1-12H2. The van der Waals surface area contributed by atoms with Crippen LogP contribution in [0, 0.1) is 0 Å². The molecule has 0 bridgehead atoms. The second kappa shape index (κ2) is 6.94. The van der Waals surface area contributed by atoms with Crippen LogP contribution in [-0.4, -0.2) is 56.8 Å². The minimum atomic E-state index is -3.12. The van der Waals surface area contributed by atoms with Gasteiger partial charge >= 0.3 is 0 Å². The molecule has 0 aromatic heterocycles. The largest absolute Gasteiger partial charge is 0.314 e. The molecule has 3 saturated heterocycles. The van der Waals surface area contributed by atoms with Gasteiger partial charge in [0.05, 0.1) is 5.75 Å². The number of fused-ring (bicyclic) bond motifs is 1. The van der Waals surface area contributed by atoms with Crippen LogP contribution in [0.15, 0.2) is 0 Å². The lowest BCUT2D eigenvalue weighted by atomic mass is 9.99. The highest BCUT2D eigenvalue weighted by molar-refractivity contribution is 7.89. The van der Waals surface area contributed by atoms with Crippen molar-refractivity contribution in [2.75, 3.05) is 25.4 Å². The molecular weight excluding hydrogens is 286 g/mol. The van der Waals surface area contributed by atoms with E-state index < -0.39 is 10.0 Å². The second-order valence-corrected chi connectivity index (χ2v) is 8.80. The van der Waals surface area contributed by atoms with Gasteiger partial charge in [-0.05, 0) is 64.6 Å². The van der Waals surface area contributed by atoms with Crippen LogP contribution in [0.1, 0.15) is 51.4 Å². The molecule has 0 amide bonds. The Morgan fingerprint density at radius 2 is 2.00 bits per heavy atom. The van der Waals surface area contributed by atoms with Gasteiger partial charge in [0.2, 0.25) is 10.0 Å². The van der Waals surface area contributed by atoms with Gasteiger partial charge in [-0.1, -0.05) is 6.42 Å². The fourth-order valence-corrected chi connectivity index (χ4v) is 5.55. The molecule has 0 aromatic carbocycles. The zero-order valence-electron chi connectivity index (χ0n) is 12.9. The van der Waals surface area contributed by atoms with Gasteiger partial charge < -0.3 is 10.2 Å². The van der Waals surface area contributed by atoms with Gasteiger partial charge in [0.15, 0.2) is 0 Å². The van der Waals surface area contributed by atoms with E-state index in [-0.39, 0.29) is 11.8 Å². The first-order chi connectivity index (χ1) is 10.1. The number of piperidine rings is 2. The van der Waals surface area contributed by atoms with Crippen molar-refractivity contribution in [1.29, 1.82) is 0 Å². The van der Waals surface area contributed by atoms with Crippen molar-refractivity contribution in [3.05, 3.63) is 0 Å². The van der Waals surface area contributed by atoms with Crippen molar-refractivity contribution >= 4 is 10.0 Å². The minimum Gasteiger partial charge on any atom is -0.314 e. The van der Waals surface area contributed by atoms with Crippen LogP contribution >= 0.6 is 0 Å². The molecule has 5 nitrogen and oxygen atoms in total. The van der Waals surface area contributed by atoms with E-state index >= 15 is 0 Å². The molecule has 21 heavy (non-hydrogen) atoms. The topological polar surface area (TPSA) is 61.4 Å². The molecule has 0 aromatic rings. The van der Waals surface area contributed by atoms with Gasteiger partial charge in [-0.2, -0.15) is 0 Å². The molecule has 3 atom stereocenters. The summed E-state index contributed by atoms with van der Waals surface area (Å²) in [5.41, 5.74) is 0. The zero-order valence-corrected chi connectivity index (χ0v) is 13.7. The monoisotopic (exact) mass is 315 g/mol. The van der Waals surface area contributed by atoms with E-state index in [9.17, 15) is 8.42 Å². The first-order valence-corrected chi connectivity index (χ1v) is 10.2. The smallest absolute Gasteiger partial charge is 0.211 e. The number of hydrogen-bond acceptors (Lipinski definition) is 4. The summed E-state index contributed by atoms with van der Waals surface area (Å²) in [5, 5.41) is 3.43. The molecule has 3 fully saturated rings. The summed E-state index contributed by atoms with van der Waals surface area (Å²) in [6, 6.07) is 1.17. The Hall–Kier alpha value is -0.170. The summed E-state index contributed by atoms with van der Waals surface area (Å²) in [4.78, 5) is 2.52. The molecule has 122 valence electrons. The van der Waals surface area contributed by atoms with Crippen molar-refractivity contribution in [2.24, 2.45) is 0 Å². The SMILES string of the molecule is O=S(=O)(CCC1CCCCN1)NC1CCN2CCCC2C1. The van der Waals surface area contributed by atoms with Crippen molar-refractivity contribution < 1.29 is 8.42 Å². The average Bonchev–Trinajstić information content (AvgIpc) is 2.93. The number of sulfonamides is 1. The average molecular weight is 315 g/mol.